The smallest absolute Gasteiger partial charge is 0.149 e. The predicted molar refractivity (Wildman–Crippen MR) is 78.0 cm³/mol. The maximum absolute atomic E-state index is 13.2. The standard InChI is InChI=1S/C17H16FNO/c1-19-13-15-12-16(18)9-10-17(15)20-11-5-8-14-6-3-2-4-7-14/h2-4,6-7,9-10,12,19H,11,13H2,1H3. The Labute approximate surface area is 118 Å². The van der Waals surface area contributed by atoms with Crippen LogP contribution in [0.2, 0.25) is 0 Å². The molecule has 0 aliphatic carbocycles. The van der Waals surface area contributed by atoms with Crippen molar-refractivity contribution in [2.24, 2.45) is 0 Å². The zero-order chi connectivity index (χ0) is 14.2. The normalized spacial score (nSPS) is 9.70. The highest BCUT2D eigenvalue weighted by Crippen LogP contribution is 2.19. The molecular formula is C17H16FNO. The van der Waals surface area contributed by atoms with Crippen LogP contribution >= 0.6 is 0 Å². The van der Waals surface area contributed by atoms with Crippen LogP contribution in [-0.2, 0) is 6.54 Å². The third-order valence-corrected chi connectivity index (χ3v) is 2.70. The van der Waals surface area contributed by atoms with Crippen LogP contribution in [0.1, 0.15) is 11.1 Å². The monoisotopic (exact) mass is 269 g/mol. The molecule has 0 spiro atoms. The van der Waals surface area contributed by atoms with Gasteiger partial charge < -0.3 is 10.1 Å². The van der Waals surface area contributed by atoms with Gasteiger partial charge in [0.2, 0.25) is 0 Å². The van der Waals surface area contributed by atoms with Crippen molar-refractivity contribution >= 4 is 0 Å². The van der Waals surface area contributed by atoms with E-state index in [1.54, 1.807) is 6.07 Å². The van der Waals surface area contributed by atoms with Crippen LogP contribution in [0.4, 0.5) is 4.39 Å². The minimum Gasteiger partial charge on any atom is -0.481 e. The van der Waals surface area contributed by atoms with Crippen LogP contribution in [-0.4, -0.2) is 13.7 Å². The van der Waals surface area contributed by atoms with Gasteiger partial charge in [-0.2, -0.15) is 0 Å². The topological polar surface area (TPSA) is 21.3 Å². The summed E-state index contributed by atoms with van der Waals surface area (Å²) in [5, 5.41) is 2.99. The van der Waals surface area contributed by atoms with E-state index in [1.165, 1.54) is 12.1 Å². The van der Waals surface area contributed by atoms with E-state index in [0.717, 1.165) is 11.1 Å². The molecule has 0 saturated heterocycles. The molecule has 0 bridgehead atoms. The molecule has 102 valence electrons. The van der Waals surface area contributed by atoms with Crippen LogP contribution in [0.3, 0.4) is 0 Å². The molecule has 0 aliphatic heterocycles. The quantitative estimate of drug-likeness (QED) is 0.862. The van der Waals surface area contributed by atoms with Crippen molar-refractivity contribution in [1.82, 2.24) is 5.32 Å². The molecule has 0 amide bonds. The second-order valence-electron chi connectivity index (χ2n) is 4.24. The van der Waals surface area contributed by atoms with Gasteiger partial charge in [0.05, 0.1) is 0 Å². The van der Waals surface area contributed by atoms with Crippen LogP contribution in [0.25, 0.3) is 0 Å². The summed E-state index contributed by atoms with van der Waals surface area (Å²) in [6.07, 6.45) is 0. The van der Waals surface area contributed by atoms with Crippen LogP contribution in [0, 0.1) is 17.7 Å². The Morgan fingerprint density at radius 2 is 1.95 bits per heavy atom. The molecule has 0 unspecified atom stereocenters. The molecule has 0 saturated carbocycles. The highest BCUT2D eigenvalue weighted by Gasteiger charge is 2.03. The van der Waals surface area contributed by atoms with Crippen molar-refractivity contribution in [2.75, 3.05) is 13.7 Å². The summed E-state index contributed by atoms with van der Waals surface area (Å²) in [5.41, 5.74) is 1.74. The molecule has 2 nitrogen and oxygen atoms in total. The first kappa shape index (κ1) is 14.1. The summed E-state index contributed by atoms with van der Waals surface area (Å²) in [7, 11) is 1.81. The Balaban J connectivity index is 1.99. The lowest BCUT2D eigenvalue weighted by Crippen LogP contribution is -2.08. The maximum atomic E-state index is 13.2. The Hall–Kier alpha value is -2.31. The Bertz CT molecular complexity index is 614. The average Bonchev–Trinajstić information content (AvgIpc) is 2.47. The second-order valence-corrected chi connectivity index (χ2v) is 4.24. The lowest BCUT2D eigenvalue weighted by molar-refractivity contribution is 0.364. The third kappa shape index (κ3) is 4.11. The van der Waals surface area contributed by atoms with Gasteiger partial charge in [-0.15, -0.1) is 0 Å². The first-order valence-corrected chi connectivity index (χ1v) is 6.39. The lowest BCUT2D eigenvalue weighted by Gasteiger charge is -2.09. The molecule has 20 heavy (non-hydrogen) atoms. The third-order valence-electron chi connectivity index (χ3n) is 2.70. The summed E-state index contributed by atoms with van der Waals surface area (Å²) < 4.78 is 18.8. The van der Waals surface area contributed by atoms with E-state index in [0.29, 0.717) is 12.3 Å². The molecule has 1 N–H and O–H groups in total. The Morgan fingerprint density at radius 3 is 2.70 bits per heavy atom. The summed E-state index contributed by atoms with van der Waals surface area (Å²) in [6.45, 7) is 0.830. The number of hydrogen-bond acceptors (Lipinski definition) is 2. The van der Waals surface area contributed by atoms with Crippen LogP contribution < -0.4 is 10.1 Å². The summed E-state index contributed by atoms with van der Waals surface area (Å²) in [6, 6.07) is 14.2. The number of halogens is 1. The summed E-state index contributed by atoms with van der Waals surface area (Å²) in [5.74, 6) is 6.35. The molecule has 0 fully saturated rings. The Morgan fingerprint density at radius 1 is 1.15 bits per heavy atom. The Kier molecular flexibility index (Phi) is 5.16. The molecule has 0 aromatic heterocycles. The van der Waals surface area contributed by atoms with Gasteiger partial charge in [-0.1, -0.05) is 30.0 Å². The van der Waals surface area contributed by atoms with Gasteiger partial charge in [0, 0.05) is 17.7 Å². The number of hydrogen-bond donors (Lipinski definition) is 1. The van der Waals surface area contributed by atoms with Gasteiger partial charge in [0.25, 0.3) is 0 Å². The SMILES string of the molecule is CNCc1cc(F)ccc1OCC#Cc1ccccc1. The predicted octanol–water partition coefficient (Wildman–Crippen LogP) is 2.98. The molecule has 0 radical (unpaired) electrons. The van der Waals surface area contributed by atoms with Gasteiger partial charge in [-0.05, 0) is 37.4 Å². The lowest BCUT2D eigenvalue weighted by atomic mass is 10.2. The summed E-state index contributed by atoms with van der Waals surface area (Å²) >= 11 is 0. The van der Waals surface area contributed by atoms with E-state index >= 15 is 0 Å². The van der Waals surface area contributed by atoms with Crippen molar-refractivity contribution in [3.8, 4) is 17.6 Å². The second kappa shape index (κ2) is 7.32. The molecule has 3 heteroatoms. The van der Waals surface area contributed by atoms with Crippen molar-refractivity contribution in [3.63, 3.8) is 0 Å². The zero-order valence-corrected chi connectivity index (χ0v) is 11.3. The first-order valence-electron chi connectivity index (χ1n) is 6.39. The van der Waals surface area contributed by atoms with E-state index < -0.39 is 0 Å². The van der Waals surface area contributed by atoms with Gasteiger partial charge >= 0.3 is 0 Å². The van der Waals surface area contributed by atoms with Gasteiger partial charge in [0.1, 0.15) is 18.2 Å². The minimum absolute atomic E-state index is 0.266. The highest BCUT2D eigenvalue weighted by molar-refractivity contribution is 5.36. The van der Waals surface area contributed by atoms with Gasteiger partial charge in [0.15, 0.2) is 0 Å². The fourth-order valence-electron chi connectivity index (χ4n) is 1.79. The number of ether oxygens (including phenoxy) is 1. The molecular weight excluding hydrogens is 253 g/mol. The molecule has 2 aromatic rings. The van der Waals surface area contributed by atoms with Crippen LogP contribution in [0.5, 0.6) is 5.75 Å². The van der Waals surface area contributed by atoms with Crippen molar-refractivity contribution in [2.45, 2.75) is 6.54 Å². The van der Waals surface area contributed by atoms with E-state index in [1.807, 2.05) is 37.4 Å². The van der Waals surface area contributed by atoms with E-state index in [4.69, 9.17) is 4.74 Å². The fraction of sp³-hybridized carbons (Fsp3) is 0.176. The largest absolute Gasteiger partial charge is 0.481 e. The fourth-order valence-corrected chi connectivity index (χ4v) is 1.79. The zero-order valence-electron chi connectivity index (χ0n) is 11.3. The number of benzene rings is 2. The summed E-state index contributed by atoms with van der Waals surface area (Å²) in [4.78, 5) is 0. The van der Waals surface area contributed by atoms with E-state index in [2.05, 4.69) is 17.2 Å². The van der Waals surface area contributed by atoms with Crippen molar-refractivity contribution < 1.29 is 9.13 Å². The molecule has 0 heterocycles. The number of nitrogens with one attached hydrogen (secondary N) is 1. The molecule has 2 rings (SSSR count). The minimum atomic E-state index is -0.266. The van der Waals surface area contributed by atoms with Crippen molar-refractivity contribution in [3.05, 3.63) is 65.5 Å². The van der Waals surface area contributed by atoms with Crippen molar-refractivity contribution in [1.29, 1.82) is 0 Å². The maximum Gasteiger partial charge on any atom is 0.149 e. The molecule has 2 aromatic carbocycles. The average molecular weight is 269 g/mol. The van der Waals surface area contributed by atoms with E-state index in [9.17, 15) is 4.39 Å². The van der Waals surface area contributed by atoms with Gasteiger partial charge in [-0.3, -0.25) is 0 Å². The highest BCUT2D eigenvalue weighted by atomic mass is 19.1. The molecule has 0 atom stereocenters. The van der Waals surface area contributed by atoms with Crippen LogP contribution in [0.15, 0.2) is 48.5 Å². The first-order chi connectivity index (χ1) is 9.79. The molecule has 0 aliphatic rings. The van der Waals surface area contributed by atoms with E-state index in [-0.39, 0.29) is 12.4 Å². The number of rotatable bonds is 4. The van der Waals surface area contributed by atoms with Gasteiger partial charge in [-0.25, -0.2) is 4.39 Å².